The Bertz CT molecular complexity index is 733. The minimum absolute atomic E-state index is 0.0107. The molecule has 2 heterocycles. The molecule has 1 atom stereocenters. The summed E-state index contributed by atoms with van der Waals surface area (Å²) in [6.07, 6.45) is -3.85. The van der Waals surface area contributed by atoms with Crippen molar-refractivity contribution in [1.82, 2.24) is 9.21 Å². The molecule has 0 aromatic heterocycles. The highest BCUT2D eigenvalue weighted by molar-refractivity contribution is 7.89. The topological polar surface area (TPSA) is 57.7 Å². The van der Waals surface area contributed by atoms with Crippen LogP contribution in [0.25, 0.3) is 0 Å². The third kappa shape index (κ3) is 2.83. The van der Waals surface area contributed by atoms with Crippen LogP contribution in [-0.4, -0.2) is 49.2 Å². The molecule has 0 spiro atoms. The Morgan fingerprint density at radius 2 is 1.83 bits per heavy atom. The van der Waals surface area contributed by atoms with Crippen molar-refractivity contribution in [3.63, 3.8) is 0 Å². The first-order valence-electron chi connectivity index (χ1n) is 7.17. The summed E-state index contributed by atoms with van der Waals surface area (Å²) in [4.78, 5) is 12.5. The minimum atomic E-state index is -4.74. The number of nitrogens with zero attached hydrogens (tertiary/aromatic N) is 2. The van der Waals surface area contributed by atoms with Crippen molar-refractivity contribution in [3.8, 4) is 0 Å². The van der Waals surface area contributed by atoms with Crippen LogP contribution in [0.5, 0.6) is 0 Å². The summed E-state index contributed by atoms with van der Waals surface area (Å²) < 4.78 is 65.6. The molecule has 5 nitrogen and oxygen atoms in total. The predicted molar refractivity (Wildman–Crippen MR) is 74.9 cm³/mol. The van der Waals surface area contributed by atoms with E-state index in [1.807, 2.05) is 0 Å². The van der Waals surface area contributed by atoms with Crippen molar-refractivity contribution in [1.29, 1.82) is 0 Å². The number of alkyl halides is 3. The number of hydrogen-bond acceptors (Lipinski definition) is 3. The Morgan fingerprint density at radius 3 is 2.52 bits per heavy atom. The van der Waals surface area contributed by atoms with E-state index in [1.165, 1.54) is 6.07 Å². The number of carbonyl (C=O) groups is 1. The Labute approximate surface area is 131 Å². The van der Waals surface area contributed by atoms with Gasteiger partial charge in [0.25, 0.3) is 0 Å². The van der Waals surface area contributed by atoms with Crippen LogP contribution in [0, 0.1) is 0 Å². The molecular weight excluding hydrogens is 333 g/mol. The molecule has 1 unspecified atom stereocenters. The molecule has 2 saturated heterocycles. The fourth-order valence-corrected chi connectivity index (χ4v) is 4.80. The number of hydrogen-bond donors (Lipinski definition) is 0. The summed E-state index contributed by atoms with van der Waals surface area (Å²) in [5.41, 5.74) is -1.16. The molecule has 126 valence electrons. The summed E-state index contributed by atoms with van der Waals surface area (Å²) in [5.74, 6) is -0.0252. The molecule has 2 aliphatic heterocycles. The highest BCUT2D eigenvalue weighted by Crippen LogP contribution is 2.36. The van der Waals surface area contributed by atoms with Crippen LogP contribution in [0.4, 0.5) is 13.2 Å². The van der Waals surface area contributed by atoms with Crippen LogP contribution in [0.1, 0.15) is 18.4 Å². The Hall–Kier alpha value is -1.61. The molecule has 0 aliphatic carbocycles. The van der Waals surface area contributed by atoms with Gasteiger partial charge in [0.15, 0.2) is 0 Å². The molecule has 9 heteroatoms. The molecular formula is C14H15F3N2O3S. The lowest BCUT2D eigenvalue weighted by Gasteiger charge is -2.37. The third-order valence-electron chi connectivity index (χ3n) is 4.27. The lowest BCUT2D eigenvalue weighted by atomic mass is 10.2. The van der Waals surface area contributed by atoms with Crippen LogP contribution < -0.4 is 0 Å². The highest BCUT2D eigenvalue weighted by atomic mass is 32.2. The lowest BCUT2D eigenvalue weighted by molar-refractivity contribution is -0.139. The van der Waals surface area contributed by atoms with Crippen molar-refractivity contribution in [2.75, 3.05) is 19.6 Å². The number of carbonyl (C=O) groups excluding carboxylic acids is 1. The second kappa shape index (κ2) is 5.48. The molecule has 0 saturated carbocycles. The van der Waals surface area contributed by atoms with Gasteiger partial charge in [0.05, 0.1) is 10.5 Å². The van der Waals surface area contributed by atoms with Gasteiger partial charge in [-0.05, 0) is 18.6 Å². The third-order valence-corrected chi connectivity index (χ3v) is 6.19. The largest absolute Gasteiger partial charge is 0.417 e. The van der Waals surface area contributed by atoms with Crippen LogP contribution in [0.2, 0.25) is 0 Å². The van der Waals surface area contributed by atoms with Gasteiger partial charge in [-0.3, -0.25) is 4.79 Å². The first-order chi connectivity index (χ1) is 10.7. The van der Waals surface area contributed by atoms with E-state index >= 15 is 0 Å². The number of fused-ring (bicyclic) bond motifs is 1. The molecule has 23 heavy (non-hydrogen) atoms. The van der Waals surface area contributed by atoms with E-state index in [9.17, 15) is 26.4 Å². The first-order valence-corrected chi connectivity index (χ1v) is 8.61. The second-order valence-electron chi connectivity index (χ2n) is 5.64. The van der Waals surface area contributed by atoms with Crippen molar-refractivity contribution in [2.24, 2.45) is 0 Å². The van der Waals surface area contributed by atoms with Gasteiger partial charge in [0, 0.05) is 32.1 Å². The fourth-order valence-electron chi connectivity index (χ4n) is 3.12. The molecule has 1 amide bonds. The van der Waals surface area contributed by atoms with Crippen molar-refractivity contribution in [3.05, 3.63) is 29.8 Å². The number of piperazine rings is 1. The van der Waals surface area contributed by atoms with E-state index in [4.69, 9.17) is 0 Å². The highest BCUT2D eigenvalue weighted by Gasteiger charge is 2.43. The first kappa shape index (κ1) is 16.3. The molecule has 1 aromatic carbocycles. The van der Waals surface area contributed by atoms with Gasteiger partial charge in [-0.1, -0.05) is 12.1 Å². The van der Waals surface area contributed by atoms with E-state index in [0.29, 0.717) is 12.8 Å². The number of sulfonamides is 1. The van der Waals surface area contributed by atoms with Gasteiger partial charge >= 0.3 is 6.18 Å². The van der Waals surface area contributed by atoms with Crippen molar-refractivity contribution in [2.45, 2.75) is 30.0 Å². The average molecular weight is 348 g/mol. The number of rotatable bonds is 2. The van der Waals surface area contributed by atoms with Crippen molar-refractivity contribution >= 4 is 15.9 Å². The van der Waals surface area contributed by atoms with Gasteiger partial charge in [0.1, 0.15) is 0 Å². The number of amides is 1. The van der Waals surface area contributed by atoms with Crippen LogP contribution in [0.15, 0.2) is 29.2 Å². The summed E-state index contributed by atoms with van der Waals surface area (Å²) in [6.45, 7) is 0.272. The normalized spacial score (nSPS) is 23.2. The summed E-state index contributed by atoms with van der Waals surface area (Å²) in [7, 11) is -4.26. The monoisotopic (exact) mass is 348 g/mol. The molecule has 1 aromatic rings. The minimum Gasteiger partial charge on any atom is -0.337 e. The van der Waals surface area contributed by atoms with Gasteiger partial charge in [0.2, 0.25) is 15.9 Å². The van der Waals surface area contributed by atoms with Gasteiger partial charge in [-0.25, -0.2) is 8.42 Å². The standard InChI is InChI=1S/C14H15F3N2O3S/c15-14(16,17)11-3-1-2-4-12(11)23(21,22)18-7-8-19-10(9-18)5-6-13(19)20/h1-4,10H,5-9H2. The molecule has 0 radical (unpaired) electrons. The van der Waals surface area contributed by atoms with E-state index in [0.717, 1.165) is 22.5 Å². The van der Waals surface area contributed by atoms with E-state index in [-0.39, 0.29) is 31.6 Å². The van der Waals surface area contributed by atoms with E-state index in [2.05, 4.69) is 0 Å². The summed E-state index contributed by atoms with van der Waals surface area (Å²) in [6, 6.07) is 3.93. The lowest BCUT2D eigenvalue weighted by Crippen LogP contribution is -2.53. The van der Waals surface area contributed by atoms with Crippen LogP contribution >= 0.6 is 0 Å². The Kier molecular flexibility index (Phi) is 3.88. The zero-order chi connectivity index (χ0) is 16.8. The molecule has 3 rings (SSSR count). The van der Waals surface area contributed by atoms with Gasteiger partial charge in [-0.15, -0.1) is 0 Å². The molecule has 0 N–H and O–H groups in total. The summed E-state index contributed by atoms with van der Waals surface area (Å²) in [5, 5.41) is 0. The quantitative estimate of drug-likeness (QED) is 0.817. The average Bonchev–Trinajstić information content (AvgIpc) is 2.87. The zero-order valence-corrected chi connectivity index (χ0v) is 12.9. The van der Waals surface area contributed by atoms with Crippen LogP contribution in [0.3, 0.4) is 0 Å². The maximum atomic E-state index is 13.1. The maximum Gasteiger partial charge on any atom is 0.417 e. The smallest absolute Gasteiger partial charge is 0.337 e. The maximum absolute atomic E-state index is 13.1. The van der Waals surface area contributed by atoms with Gasteiger partial charge < -0.3 is 4.90 Å². The van der Waals surface area contributed by atoms with Gasteiger partial charge in [-0.2, -0.15) is 17.5 Å². The predicted octanol–water partition coefficient (Wildman–Crippen LogP) is 1.70. The SMILES string of the molecule is O=C1CCC2CN(S(=O)(=O)c3ccccc3C(F)(F)F)CCN12. The van der Waals surface area contributed by atoms with Crippen molar-refractivity contribution < 1.29 is 26.4 Å². The Balaban J connectivity index is 1.93. The van der Waals surface area contributed by atoms with Crippen LogP contribution in [-0.2, 0) is 21.0 Å². The Morgan fingerprint density at radius 1 is 1.13 bits per heavy atom. The fraction of sp³-hybridized carbons (Fsp3) is 0.500. The zero-order valence-electron chi connectivity index (χ0n) is 12.1. The number of halogens is 3. The molecule has 2 aliphatic rings. The summed E-state index contributed by atoms with van der Waals surface area (Å²) >= 11 is 0. The van der Waals surface area contributed by atoms with E-state index in [1.54, 1.807) is 4.90 Å². The van der Waals surface area contributed by atoms with E-state index < -0.39 is 26.7 Å². The molecule has 0 bridgehead atoms. The molecule has 2 fully saturated rings. The number of benzene rings is 1. The second-order valence-corrected chi connectivity index (χ2v) is 7.54.